The minimum Gasteiger partial charge on any atom is -0.351 e. The molecule has 1 N–H and O–H groups in total. The Bertz CT molecular complexity index is 796. The molecule has 4 nitrogen and oxygen atoms in total. The summed E-state index contributed by atoms with van der Waals surface area (Å²) in [6.45, 7) is 7.35. The van der Waals surface area contributed by atoms with Crippen LogP contribution in [0.5, 0.6) is 0 Å². The number of nitrogens with zero attached hydrogens (tertiary/aromatic N) is 1. The van der Waals surface area contributed by atoms with Crippen LogP contribution in [0.25, 0.3) is 0 Å². The van der Waals surface area contributed by atoms with Crippen molar-refractivity contribution in [1.82, 2.24) is 5.32 Å². The molecule has 4 heteroatoms. The fourth-order valence-corrected chi connectivity index (χ4v) is 3.35. The quantitative estimate of drug-likeness (QED) is 0.834. The molecular weight excluding hydrogens is 324 g/mol. The first kappa shape index (κ1) is 18.2. The van der Waals surface area contributed by atoms with E-state index in [4.69, 9.17) is 0 Å². The standard InChI is InChI=1S/C22H26N2O2/c1-15(2)18-7-9-19(10-8-18)24-12-11-20(22(24)26)21(25)23-14-17-6-4-5-16(3)13-17/h4-10,13,15,20H,11-12,14H2,1-3H3,(H,23,25)/t20-/m0/s1. The summed E-state index contributed by atoms with van der Waals surface area (Å²) in [5, 5.41) is 2.91. The van der Waals surface area contributed by atoms with Crippen LogP contribution in [0.2, 0.25) is 0 Å². The molecule has 1 saturated heterocycles. The zero-order valence-electron chi connectivity index (χ0n) is 15.7. The molecule has 0 bridgehead atoms. The first-order valence-electron chi connectivity index (χ1n) is 9.20. The summed E-state index contributed by atoms with van der Waals surface area (Å²) in [5.74, 6) is -0.426. The molecular formula is C22H26N2O2. The Morgan fingerprint density at radius 3 is 2.58 bits per heavy atom. The van der Waals surface area contributed by atoms with E-state index in [0.29, 0.717) is 25.4 Å². The van der Waals surface area contributed by atoms with Gasteiger partial charge in [-0.3, -0.25) is 9.59 Å². The van der Waals surface area contributed by atoms with Gasteiger partial charge in [-0.05, 0) is 42.5 Å². The van der Waals surface area contributed by atoms with Crippen molar-refractivity contribution in [2.24, 2.45) is 5.92 Å². The summed E-state index contributed by atoms with van der Waals surface area (Å²) in [4.78, 5) is 26.9. The van der Waals surface area contributed by atoms with E-state index in [1.807, 2.05) is 43.3 Å². The minimum absolute atomic E-state index is 0.107. The van der Waals surface area contributed by atoms with Gasteiger partial charge in [-0.25, -0.2) is 0 Å². The van der Waals surface area contributed by atoms with Crippen LogP contribution in [0.1, 0.15) is 42.9 Å². The average molecular weight is 350 g/mol. The number of aryl methyl sites for hydroxylation is 1. The molecule has 0 radical (unpaired) electrons. The highest BCUT2D eigenvalue weighted by molar-refractivity contribution is 6.09. The second-order valence-corrected chi connectivity index (χ2v) is 7.28. The van der Waals surface area contributed by atoms with Crippen molar-refractivity contribution in [3.05, 3.63) is 65.2 Å². The normalized spacial score (nSPS) is 17.0. The summed E-state index contributed by atoms with van der Waals surface area (Å²) in [6.07, 6.45) is 0.560. The monoisotopic (exact) mass is 350 g/mol. The van der Waals surface area contributed by atoms with Gasteiger partial charge in [0.05, 0.1) is 0 Å². The summed E-state index contributed by atoms with van der Waals surface area (Å²) in [6, 6.07) is 16.1. The van der Waals surface area contributed by atoms with Crippen LogP contribution in [0.4, 0.5) is 5.69 Å². The summed E-state index contributed by atoms with van der Waals surface area (Å²) in [5.41, 5.74) is 4.32. The van der Waals surface area contributed by atoms with Crippen LogP contribution >= 0.6 is 0 Å². The van der Waals surface area contributed by atoms with E-state index in [0.717, 1.165) is 16.8 Å². The molecule has 0 aromatic heterocycles. The maximum Gasteiger partial charge on any atom is 0.239 e. The highest BCUT2D eigenvalue weighted by Crippen LogP contribution is 2.27. The van der Waals surface area contributed by atoms with Crippen molar-refractivity contribution in [1.29, 1.82) is 0 Å². The lowest BCUT2D eigenvalue weighted by Crippen LogP contribution is -2.36. The van der Waals surface area contributed by atoms with Gasteiger partial charge in [0.15, 0.2) is 0 Å². The predicted molar refractivity (Wildman–Crippen MR) is 104 cm³/mol. The number of anilines is 1. The van der Waals surface area contributed by atoms with E-state index in [1.165, 1.54) is 5.56 Å². The van der Waals surface area contributed by atoms with Crippen LogP contribution < -0.4 is 10.2 Å². The highest BCUT2D eigenvalue weighted by Gasteiger charge is 2.37. The third-order valence-corrected chi connectivity index (χ3v) is 4.94. The van der Waals surface area contributed by atoms with Crippen LogP contribution in [-0.2, 0) is 16.1 Å². The zero-order chi connectivity index (χ0) is 18.7. The molecule has 1 aliphatic heterocycles. The summed E-state index contributed by atoms with van der Waals surface area (Å²) in [7, 11) is 0. The van der Waals surface area contributed by atoms with E-state index < -0.39 is 5.92 Å². The van der Waals surface area contributed by atoms with Gasteiger partial charge in [-0.1, -0.05) is 55.8 Å². The number of carbonyl (C=O) groups excluding carboxylic acids is 2. The molecule has 1 aliphatic rings. The maximum atomic E-state index is 12.7. The average Bonchev–Trinajstić information content (AvgIpc) is 3.01. The second-order valence-electron chi connectivity index (χ2n) is 7.28. The van der Waals surface area contributed by atoms with Crippen molar-refractivity contribution in [3.63, 3.8) is 0 Å². The number of benzene rings is 2. The van der Waals surface area contributed by atoms with Gasteiger partial charge in [-0.15, -0.1) is 0 Å². The Balaban J connectivity index is 1.62. The fourth-order valence-electron chi connectivity index (χ4n) is 3.35. The van der Waals surface area contributed by atoms with Gasteiger partial charge in [0.25, 0.3) is 0 Å². The fraction of sp³-hybridized carbons (Fsp3) is 0.364. The first-order chi connectivity index (χ1) is 12.5. The van der Waals surface area contributed by atoms with Gasteiger partial charge in [-0.2, -0.15) is 0 Å². The van der Waals surface area contributed by atoms with E-state index >= 15 is 0 Å². The van der Waals surface area contributed by atoms with Crippen molar-refractivity contribution >= 4 is 17.5 Å². The minimum atomic E-state index is -0.593. The zero-order valence-corrected chi connectivity index (χ0v) is 15.7. The molecule has 136 valence electrons. The van der Waals surface area contributed by atoms with E-state index in [9.17, 15) is 9.59 Å². The van der Waals surface area contributed by atoms with Crippen molar-refractivity contribution in [3.8, 4) is 0 Å². The lowest BCUT2D eigenvalue weighted by atomic mass is 10.0. The molecule has 0 spiro atoms. The van der Waals surface area contributed by atoms with Gasteiger partial charge < -0.3 is 10.2 Å². The molecule has 3 rings (SSSR count). The van der Waals surface area contributed by atoms with Crippen LogP contribution in [0, 0.1) is 12.8 Å². The number of amides is 2. The lowest BCUT2D eigenvalue weighted by molar-refractivity contribution is -0.132. The molecule has 2 aromatic carbocycles. The molecule has 0 aliphatic carbocycles. The summed E-state index contributed by atoms with van der Waals surface area (Å²) >= 11 is 0. The molecule has 0 saturated carbocycles. The largest absolute Gasteiger partial charge is 0.351 e. The molecule has 1 heterocycles. The van der Waals surface area contributed by atoms with E-state index in [2.05, 4.69) is 31.3 Å². The van der Waals surface area contributed by atoms with Crippen molar-refractivity contribution in [2.45, 2.75) is 39.7 Å². The Hall–Kier alpha value is -2.62. The predicted octanol–water partition coefficient (Wildman–Crippen LogP) is 3.79. The molecule has 26 heavy (non-hydrogen) atoms. The smallest absolute Gasteiger partial charge is 0.239 e. The molecule has 1 atom stereocenters. The summed E-state index contributed by atoms with van der Waals surface area (Å²) < 4.78 is 0. The number of hydrogen-bond donors (Lipinski definition) is 1. The maximum absolute atomic E-state index is 12.7. The Kier molecular flexibility index (Phi) is 5.40. The number of carbonyl (C=O) groups is 2. The van der Waals surface area contributed by atoms with Crippen LogP contribution in [0.3, 0.4) is 0 Å². The SMILES string of the molecule is Cc1cccc(CNC(=O)[C@@H]2CCN(c3ccc(C(C)C)cc3)C2=O)c1. The van der Waals surface area contributed by atoms with Gasteiger partial charge in [0.2, 0.25) is 11.8 Å². The Morgan fingerprint density at radius 2 is 1.92 bits per heavy atom. The van der Waals surface area contributed by atoms with Gasteiger partial charge in [0.1, 0.15) is 5.92 Å². The topological polar surface area (TPSA) is 49.4 Å². The highest BCUT2D eigenvalue weighted by atomic mass is 16.2. The van der Waals surface area contributed by atoms with Gasteiger partial charge >= 0.3 is 0 Å². The van der Waals surface area contributed by atoms with Crippen LogP contribution in [-0.4, -0.2) is 18.4 Å². The van der Waals surface area contributed by atoms with Crippen molar-refractivity contribution in [2.75, 3.05) is 11.4 Å². The van der Waals surface area contributed by atoms with Gasteiger partial charge in [0, 0.05) is 18.8 Å². The second kappa shape index (κ2) is 7.73. The van der Waals surface area contributed by atoms with Crippen LogP contribution in [0.15, 0.2) is 48.5 Å². The van der Waals surface area contributed by atoms with Crippen molar-refractivity contribution < 1.29 is 9.59 Å². The lowest BCUT2D eigenvalue weighted by Gasteiger charge is -2.18. The first-order valence-corrected chi connectivity index (χ1v) is 9.20. The Morgan fingerprint density at radius 1 is 1.19 bits per heavy atom. The number of hydrogen-bond acceptors (Lipinski definition) is 2. The third kappa shape index (κ3) is 3.96. The Labute approximate surface area is 155 Å². The van der Waals surface area contributed by atoms with E-state index in [-0.39, 0.29) is 11.8 Å². The molecule has 2 amide bonds. The number of rotatable bonds is 5. The molecule has 1 fully saturated rings. The molecule has 0 unspecified atom stereocenters. The third-order valence-electron chi connectivity index (χ3n) is 4.94. The number of nitrogens with one attached hydrogen (secondary N) is 1. The van der Waals surface area contributed by atoms with E-state index in [1.54, 1.807) is 4.90 Å². The molecule has 2 aromatic rings.